The van der Waals surface area contributed by atoms with E-state index in [0.717, 1.165) is 5.75 Å². The molecule has 1 aromatic carbocycles. The first-order valence-electron chi connectivity index (χ1n) is 9.14. The zero-order chi connectivity index (χ0) is 20.1. The normalized spacial score (nSPS) is 19.5. The second-order valence-electron chi connectivity index (χ2n) is 6.68. The number of aliphatic hydroxyl groups is 1. The van der Waals surface area contributed by atoms with Gasteiger partial charge in [-0.05, 0) is 37.6 Å². The lowest BCUT2D eigenvalue weighted by molar-refractivity contribution is 0.126. The molecule has 8 nitrogen and oxygen atoms in total. The molecule has 10 heteroatoms. The van der Waals surface area contributed by atoms with Crippen molar-refractivity contribution >= 4 is 21.6 Å². The van der Waals surface area contributed by atoms with Crippen LogP contribution < -0.4 is 9.47 Å². The van der Waals surface area contributed by atoms with Crippen molar-refractivity contribution in [1.82, 2.24) is 14.8 Å². The van der Waals surface area contributed by atoms with Gasteiger partial charge in [0.25, 0.3) is 0 Å². The highest BCUT2D eigenvalue weighted by Gasteiger charge is 2.32. The van der Waals surface area contributed by atoms with Gasteiger partial charge in [-0.1, -0.05) is 11.8 Å². The van der Waals surface area contributed by atoms with Crippen molar-refractivity contribution in [2.24, 2.45) is 7.05 Å². The highest BCUT2D eigenvalue weighted by Crippen LogP contribution is 2.29. The zero-order valence-corrected chi connectivity index (χ0v) is 17.6. The van der Waals surface area contributed by atoms with E-state index in [4.69, 9.17) is 9.47 Å². The number of benzene rings is 1. The summed E-state index contributed by atoms with van der Waals surface area (Å²) in [5.41, 5.74) is 0. The number of aromatic nitrogens is 3. The van der Waals surface area contributed by atoms with Crippen LogP contribution in [0.5, 0.6) is 11.5 Å². The third-order valence-corrected chi connectivity index (χ3v) is 7.38. The van der Waals surface area contributed by atoms with Crippen LogP contribution in [0.2, 0.25) is 0 Å². The van der Waals surface area contributed by atoms with E-state index in [1.54, 1.807) is 12.1 Å². The van der Waals surface area contributed by atoms with Gasteiger partial charge in [0, 0.05) is 18.7 Å². The molecule has 154 valence electrons. The van der Waals surface area contributed by atoms with Gasteiger partial charge in [-0.3, -0.25) is 0 Å². The Morgan fingerprint density at radius 3 is 2.54 bits per heavy atom. The fourth-order valence-corrected chi connectivity index (χ4v) is 5.58. The topological polar surface area (TPSA) is 104 Å². The summed E-state index contributed by atoms with van der Waals surface area (Å²) < 4.78 is 36.1. The van der Waals surface area contributed by atoms with E-state index < -0.39 is 15.9 Å². The SMILES string of the molecule is CCOc1ccc(OC[C@@H](O)CSc2nnc([C@H]3CCS(=O)(=O)C3)n2C)cc1. The lowest BCUT2D eigenvalue weighted by Crippen LogP contribution is -2.20. The molecule has 1 aliphatic rings. The summed E-state index contributed by atoms with van der Waals surface area (Å²) in [5.74, 6) is 2.74. The van der Waals surface area contributed by atoms with Crippen molar-refractivity contribution in [3.8, 4) is 11.5 Å². The number of nitrogens with zero attached hydrogens (tertiary/aromatic N) is 3. The van der Waals surface area contributed by atoms with Gasteiger partial charge in [0.05, 0.1) is 24.2 Å². The first-order chi connectivity index (χ1) is 13.4. The highest BCUT2D eigenvalue weighted by atomic mass is 32.2. The van der Waals surface area contributed by atoms with Gasteiger partial charge in [-0.2, -0.15) is 0 Å². The van der Waals surface area contributed by atoms with Crippen molar-refractivity contribution in [2.45, 2.75) is 30.5 Å². The fraction of sp³-hybridized carbons (Fsp3) is 0.556. The summed E-state index contributed by atoms with van der Waals surface area (Å²) in [6, 6.07) is 7.25. The van der Waals surface area contributed by atoms with Gasteiger partial charge in [-0.15, -0.1) is 10.2 Å². The van der Waals surface area contributed by atoms with Crippen LogP contribution in [0, 0.1) is 0 Å². The molecule has 1 fully saturated rings. The second-order valence-corrected chi connectivity index (χ2v) is 9.90. The summed E-state index contributed by atoms with van der Waals surface area (Å²) >= 11 is 1.37. The highest BCUT2D eigenvalue weighted by molar-refractivity contribution is 7.99. The lowest BCUT2D eigenvalue weighted by atomic mass is 10.1. The van der Waals surface area contributed by atoms with Gasteiger partial charge in [0.2, 0.25) is 0 Å². The number of aliphatic hydroxyl groups excluding tert-OH is 1. The maximum atomic E-state index is 11.7. The van der Waals surface area contributed by atoms with Crippen LogP contribution in [-0.4, -0.2) is 64.9 Å². The Morgan fingerprint density at radius 1 is 1.25 bits per heavy atom. The Labute approximate surface area is 169 Å². The van der Waals surface area contributed by atoms with E-state index >= 15 is 0 Å². The second kappa shape index (κ2) is 9.15. The average molecular weight is 428 g/mol. The fourth-order valence-electron chi connectivity index (χ4n) is 3.02. The quantitative estimate of drug-likeness (QED) is 0.603. The van der Waals surface area contributed by atoms with Gasteiger partial charge in [0.15, 0.2) is 15.0 Å². The minimum atomic E-state index is -2.97. The van der Waals surface area contributed by atoms with Crippen LogP contribution in [0.25, 0.3) is 0 Å². The van der Waals surface area contributed by atoms with E-state index in [2.05, 4.69) is 10.2 Å². The molecule has 0 amide bonds. The number of thioether (sulfide) groups is 1. The van der Waals surface area contributed by atoms with Crippen molar-refractivity contribution in [3.63, 3.8) is 0 Å². The van der Waals surface area contributed by atoms with Crippen molar-refractivity contribution in [3.05, 3.63) is 30.1 Å². The Bertz CT molecular complexity index is 883. The molecule has 2 aromatic rings. The Kier molecular flexibility index (Phi) is 6.84. The molecule has 3 rings (SSSR count). The molecule has 0 spiro atoms. The maximum absolute atomic E-state index is 11.7. The molecule has 28 heavy (non-hydrogen) atoms. The molecular formula is C18H25N3O5S2. The molecule has 0 unspecified atom stereocenters. The summed E-state index contributed by atoms with van der Waals surface area (Å²) in [6.45, 7) is 2.69. The number of hydrogen-bond donors (Lipinski definition) is 1. The van der Waals surface area contributed by atoms with Gasteiger partial charge < -0.3 is 19.1 Å². The van der Waals surface area contributed by atoms with E-state index in [1.165, 1.54) is 11.8 Å². The largest absolute Gasteiger partial charge is 0.494 e. The molecule has 2 atom stereocenters. The third-order valence-electron chi connectivity index (χ3n) is 4.45. The number of sulfone groups is 1. The maximum Gasteiger partial charge on any atom is 0.191 e. The molecule has 0 bridgehead atoms. The van der Waals surface area contributed by atoms with Crippen LogP contribution >= 0.6 is 11.8 Å². The van der Waals surface area contributed by atoms with Crippen LogP contribution in [0.3, 0.4) is 0 Å². The van der Waals surface area contributed by atoms with E-state index in [1.807, 2.05) is 30.7 Å². The molecule has 1 saturated heterocycles. The monoisotopic (exact) mass is 427 g/mol. The third kappa shape index (κ3) is 5.39. The van der Waals surface area contributed by atoms with Gasteiger partial charge in [-0.25, -0.2) is 8.42 Å². The van der Waals surface area contributed by atoms with E-state index in [-0.39, 0.29) is 24.0 Å². The van der Waals surface area contributed by atoms with Crippen LogP contribution in [0.4, 0.5) is 0 Å². The molecule has 1 aromatic heterocycles. The Morgan fingerprint density at radius 2 is 1.93 bits per heavy atom. The van der Waals surface area contributed by atoms with Crippen LogP contribution in [-0.2, 0) is 16.9 Å². The first-order valence-corrected chi connectivity index (χ1v) is 11.9. The molecule has 0 radical (unpaired) electrons. The molecule has 2 heterocycles. The Balaban J connectivity index is 1.47. The van der Waals surface area contributed by atoms with Crippen LogP contribution in [0.15, 0.2) is 29.4 Å². The smallest absolute Gasteiger partial charge is 0.191 e. The Hall–Kier alpha value is -1.78. The van der Waals surface area contributed by atoms with Crippen molar-refractivity contribution in [2.75, 3.05) is 30.5 Å². The van der Waals surface area contributed by atoms with Crippen LogP contribution in [0.1, 0.15) is 25.1 Å². The zero-order valence-electron chi connectivity index (χ0n) is 15.9. The van der Waals surface area contributed by atoms with Gasteiger partial charge >= 0.3 is 0 Å². The number of rotatable bonds is 9. The first kappa shape index (κ1) is 20.9. The standard InChI is InChI=1S/C18H25N3O5S2/c1-3-25-15-4-6-16(7-5-15)26-10-14(22)11-27-18-20-19-17(21(18)2)13-8-9-28(23,24)12-13/h4-7,13-14,22H,3,8-12H2,1-2H3/t13-,14+/m0/s1. The summed E-state index contributed by atoms with van der Waals surface area (Å²) in [6.07, 6.45) is -0.0964. The summed E-state index contributed by atoms with van der Waals surface area (Å²) in [4.78, 5) is 0. The number of ether oxygens (including phenoxy) is 2. The minimum Gasteiger partial charge on any atom is -0.494 e. The number of hydrogen-bond acceptors (Lipinski definition) is 8. The summed E-state index contributed by atoms with van der Waals surface area (Å²) in [7, 11) is -1.14. The average Bonchev–Trinajstić information content (AvgIpc) is 3.21. The van der Waals surface area contributed by atoms with Crippen molar-refractivity contribution < 1.29 is 23.0 Å². The predicted molar refractivity (Wildman–Crippen MR) is 107 cm³/mol. The van der Waals surface area contributed by atoms with Crippen molar-refractivity contribution in [1.29, 1.82) is 0 Å². The molecule has 0 aliphatic carbocycles. The molecular weight excluding hydrogens is 402 g/mol. The summed E-state index contributed by atoms with van der Waals surface area (Å²) in [5, 5.41) is 19.1. The molecule has 1 aliphatic heterocycles. The molecule has 1 N–H and O–H groups in total. The van der Waals surface area contributed by atoms with E-state index in [9.17, 15) is 13.5 Å². The van der Waals surface area contributed by atoms with Gasteiger partial charge in [0.1, 0.15) is 23.9 Å². The van der Waals surface area contributed by atoms with E-state index in [0.29, 0.717) is 35.5 Å². The molecule has 0 saturated carbocycles. The lowest BCUT2D eigenvalue weighted by Gasteiger charge is -2.13. The predicted octanol–water partition coefficient (Wildman–Crippen LogP) is 1.65. The minimum absolute atomic E-state index is 0.107.